The van der Waals surface area contributed by atoms with Gasteiger partial charge in [0, 0.05) is 49.4 Å². The molecule has 0 aromatic heterocycles. The Kier molecular flexibility index (Phi) is 13.5. The number of hydrogen-bond donors (Lipinski definition) is 3. The highest BCUT2D eigenvalue weighted by atomic mass is 19.1. The van der Waals surface area contributed by atoms with Crippen molar-refractivity contribution in [2.45, 2.75) is 65.5 Å². The van der Waals surface area contributed by atoms with Gasteiger partial charge in [-0.15, -0.1) is 0 Å². The van der Waals surface area contributed by atoms with Crippen molar-refractivity contribution in [1.82, 2.24) is 10.2 Å². The quantitative estimate of drug-likeness (QED) is 0.272. The average molecular weight is 549 g/mol. The molecule has 0 aliphatic carbocycles. The largest absolute Gasteiger partial charge is 0.396 e. The fourth-order valence-corrected chi connectivity index (χ4v) is 4.50. The number of aliphatic hydroxyl groups is 2. The Morgan fingerprint density at radius 3 is 2.21 bits per heavy atom. The highest BCUT2D eigenvalue weighted by Crippen LogP contribution is 2.18. The number of carbonyl (C=O) groups is 2. The van der Waals surface area contributed by atoms with Crippen LogP contribution < -0.4 is 5.32 Å². The van der Waals surface area contributed by atoms with E-state index in [2.05, 4.69) is 5.32 Å². The van der Waals surface area contributed by atoms with Gasteiger partial charge in [0.05, 0.1) is 18.8 Å². The van der Waals surface area contributed by atoms with Crippen LogP contribution in [-0.4, -0.2) is 72.0 Å². The number of ether oxygens (including phenoxy) is 1. The van der Waals surface area contributed by atoms with Crippen LogP contribution in [0.3, 0.4) is 0 Å². The van der Waals surface area contributed by atoms with Gasteiger partial charge in [-0.3, -0.25) is 9.59 Å². The molecule has 0 bridgehead atoms. The number of carbonyl (C=O) groups excluding carboxylic acids is 2. The minimum Gasteiger partial charge on any atom is -0.396 e. The van der Waals surface area contributed by atoms with Gasteiger partial charge < -0.3 is 25.2 Å². The predicted molar refractivity (Wildman–Crippen MR) is 147 cm³/mol. The molecule has 0 spiro atoms. The first kappa shape index (κ1) is 32.3. The van der Waals surface area contributed by atoms with Gasteiger partial charge in [-0.05, 0) is 74.1 Å². The van der Waals surface area contributed by atoms with Crippen molar-refractivity contribution >= 4 is 11.8 Å². The van der Waals surface area contributed by atoms with E-state index in [1.54, 1.807) is 30.9 Å². The Bertz CT molecular complexity index is 1060. The summed E-state index contributed by atoms with van der Waals surface area (Å²) < 4.78 is 33.3. The Hall–Kier alpha value is -2.88. The molecule has 0 radical (unpaired) electrons. The summed E-state index contributed by atoms with van der Waals surface area (Å²) in [4.78, 5) is 28.3. The first-order valence-corrected chi connectivity index (χ1v) is 13.6. The van der Waals surface area contributed by atoms with E-state index in [4.69, 9.17) is 9.84 Å². The van der Waals surface area contributed by atoms with E-state index in [1.165, 1.54) is 6.07 Å². The molecule has 3 atom stereocenters. The molecule has 0 heterocycles. The van der Waals surface area contributed by atoms with E-state index in [1.807, 2.05) is 13.8 Å². The van der Waals surface area contributed by atoms with Gasteiger partial charge >= 0.3 is 0 Å². The fourth-order valence-electron chi connectivity index (χ4n) is 4.50. The zero-order valence-corrected chi connectivity index (χ0v) is 23.4. The molecule has 216 valence electrons. The van der Waals surface area contributed by atoms with Crippen molar-refractivity contribution < 1.29 is 33.3 Å². The standard InChI is InChI=1S/C30H42F2N2O5/c1-5-8-34(9-6-2)30(38)24-13-20(3)12-23(17-24)29(37)33-27(16-22-14-25(31)18-26(32)15-22)28(36)21(4)19-39-11-7-10-35/h12-15,17-18,21,27-28,35-36H,5-11,16,19H2,1-4H3,(H,33,37)/t21?,27-,28?/m0/s1. The maximum atomic E-state index is 13.9. The first-order chi connectivity index (χ1) is 18.6. The Morgan fingerprint density at radius 1 is 1.00 bits per heavy atom. The summed E-state index contributed by atoms with van der Waals surface area (Å²) in [5.74, 6) is -2.61. The normalized spacial score (nSPS) is 13.5. The number of benzene rings is 2. The maximum Gasteiger partial charge on any atom is 0.253 e. The SMILES string of the molecule is CCCN(CCC)C(=O)c1cc(C)cc(C(=O)N[C@@H](Cc2cc(F)cc(F)c2)C(O)C(C)COCCCO)c1. The number of hydrogen-bond acceptors (Lipinski definition) is 5. The molecule has 3 N–H and O–H groups in total. The Balaban J connectivity index is 2.31. The molecular formula is C30H42F2N2O5. The number of nitrogens with zero attached hydrogens (tertiary/aromatic N) is 1. The van der Waals surface area contributed by atoms with Crippen LogP contribution in [0.4, 0.5) is 8.78 Å². The summed E-state index contributed by atoms with van der Waals surface area (Å²) in [6.07, 6.45) is 0.944. The number of rotatable bonds is 16. The molecule has 39 heavy (non-hydrogen) atoms. The summed E-state index contributed by atoms with van der Waals surface area (Å²) in [7, 11) is 0. The second-order valence-electron chi connectivity index (χ2n) is 10.1. The number of aliphatic hydroxyl groups excluding tert-OH is 2. The molecule has 0 fully saturated rings. The smallest absolute Gasteiger partial charge is 0.253 e. The molecule has 7 nitrogen and oxygen atoms in total. The van der Waals surface area contributed by atoms with Crippen molar-refractivity contribution in [3.63, 3.8) is 0 Å². The first-order valence-electron chi connectivity index (χ1n) is 13.6. The summed E-state index contributed by atoms with van der Waals surface area (Å²) in [6.45, 7) is 9.22. The molecule has 0 aliphatic rings. The molecule has 2 unspecified atom stereocenters. The molecule has 2 rings (SSSR count). The number of halogens is 2. The van der Waals surface area contributed by atoms with E-state index in [-0.39, 0.29) is 36.7 Å². The molecular weight excluding hydrogens is 506 g/mol. The van der Waals surface area contributed by atoms with Crippen LogP contribution >= 0.6 is 0 Å². The second-order valence-corrected chi connectivity index (χ2v) is 10.1. The van der Waals surface area contributed by atoms with Crippen LogP contribution in [0, 0.1) is 24.5 Å². The van der Waals surface area contributed by atoms with Crippen molar-refractivity contribution in [1.29, 1.82) is 0 Å². The zero-order chi connectivity index (χ0) is 28.9. The van der Waals surface area contributed by atoms with Gasteiger partial charge in [0.1, 0.15) is 11.6 Å². The third-order valence-electron chi connectivity index (χ3n) is 6.38. The topological polar surface area (TPSA) is 99.1 Å². The third kappa shape index (κ3) is 10.3. The van der Waals surface area contributed by atoms with Crippen molar-refractivity contribution in [3.8, 4) is 0 Å². The number of amides is 2. The minimum atomic E-state index is -1.11. The van der Waals surface area contributed by atoms with Crippen molar-refractivity contribution in [2.24, 2.45) is 5.92 Å². The third-order valence-corrected chi connectivity index (χ3v) is 6.38. The van der Waals surface area contributed by atoms with Gasteiger partial charge in [-0.1, -0.05) is 20.8 Å². The van der Waals surface area contributed by atoms with Gasteiger partial charge in [0.2, 0.25) is 0 Å². The van der Waals surface area contributed by atoms with E-state index in [0.717, 1.165) is 36.6 Å². The lowest BCUT2D eigenvalue weighted by atomic mass is 9.92. The Labute approximate surface area is 230 Å². The van der Waals surface area contributed by atoms with Crippen LogP contribution in [0.15, 0.2) is 36.4 Å². The van der Waals surface area contributed by atoms with Crippen molar-refractivity contribution in [3.05, 3.63) is 70.3 Å². The van der Waals surface area contributed by atoms with E-state index in [9.17, 15) is 23.5 Å². The lowest BCUT2D eigenvalue weighted by molar-refractivity contribution is 0.0132. The summed E-state index contributed by atoms with van der Waals surface area (Å²) in [6, 6.07) is 7.13. The molecule has 9 heteroatoms. The summed E-state index contributed by atoms with van der Waals surface area (Å²) in [5.41, 5.74) is 1.66. The van der Waals surface area contributed by atoms with Crippen LogP contribution in [0.1, 0.15) is 71.9 Å². The van der Waals surface area contributed by atoms with Gasteiger partial charge in [0.25, 0.3) is 11.8 Å². The Morgan fingerprint density at radius 2 is 1.62 bits per heavy atom. The number of nitrogens with one attached hydrogen (secondary N) is 1. The minimum absolute atomic E-state index is 0.0175. The van der Waals surface area contributed by atoms with Crippen molar-refractivity contribution in [2.75, 3.05) is 32.9 Å². The van der Waals surface area contributed by atoms with Crippen LogP contribution in [0.2, 0.25) is 0 Å². The molecule has 0 saturated heterocycles. The highest BCUT2D eigenvalue weighted by Gasteiger charge is 2.28. The van der Waals surface area contributed by atoms with Gasteiger partial charge in [0.15, 0.2) is 0 Å². The van der Waals surface area contributed by atoms with E-state index in [0.29, 0.717) is 31.7 Å². The average Bonchev–Trinajstić information content (AvgIpc) is 2.88. The summed E-state index contributed by atoms with van der Waals surface area (Å²) in [5, 5.41) is 22.9. The molecule has 2 amide bonds. The fraction of sp³-hybridized carbons (Fsp3) is 0.533. The van der Waals surface area contributed by atoms with Crippen LogP contribution in [0.5, 0.6) is 0 Å². The van der Waals surface area contributed by atoms with Crippen LogP contribution in [0.25, 0.3) is 0 Å². The number of aryl methyl sites for hydroxylation is 1. The maximum absolute atomic E-state index is 13.9. The van der Waals surface area contributed by atoms with Gasteiger partial charge in [-0.25, -0.2) is 8.78 Å². The summed E-state index contributed by atoms with van der Waals surface area (Å²) >= 11 is 0. The molecule has 0 aliphatic heterocycles. The second kappa shape index (κ2) is 16.3. The highest BCUT2D eigenvalue weighted by molar-refractivity contribution is 6.00. The monoisotopic (exact) mass is 548 g/mol. The van der Waals surface area contributed by atoms with Crippen LogP contribution in [-0.2, 0) is 11.2 Å². The molecule has 2 aromatic carbocycles. The predicted octanol–water partition coefficient (Wildman–Crippen LogP) is 4.27. The van der Waals surface area contributed by atoms with E-state index < -0.39 is 35.6 Å². The lowest BCUT2D eigenvalue weighted by Gasteiger charge is -2.29. The zero-order valence-electron chi connectivity index (χ0n) is 23.4. The van der Waals surface area contributed by atoms with E-state index >= 15 is 0 Å². The lowest BCUT2D eigenvalue weighted by Crippen LogP contribution is -2.48. The van der Waals surface area contributed by atoms with Gasteiger partial charge in [-0.2, -0.15) is 0 Å². The molecule has 0 saturated carbocycles. The molecule has 2 aromatic rings.